The van der Waals surface area contributed by atoms with E-state index >= 15 is 0 Å². The van der Waals surface area contributed by atoms with Crippen LogP contribution in [0.1, 0.15) is 10.4 Å². The predicted molar refractivity (Wildman–Crippen MR) is 106 cm³/mol. The second-order valence-electron chi connectivity index (χ2n) is 6.24. The molecule has 0 fully saturated rings. The van der Waals surface area contributed by atoms with Crippen LogP contribution in [-0.2, 0) is 0 Å². The van der Waals surface area contributed by atoms with E-state index in [1.165, 1.54) is 0 Å². The van der Waals surface area contributed by atoms with Gasteiger partial charge in [0.25, 0.3) is 5.91 Å². The van der Waals surface area contributed by atoms with Gasteiger partial charge in [0.2, 0.25) is 0 Å². The number of para-hydroxylation sites is 1. The Labute approximate surface area is 149 Å². The van der Waals surface area contributed by atoms with Gasteiger partial charge in [-0.3, -0.25) is 9.78 Å². The maximum atomic E-state index is 12.6. The van der Waals surface area contributed by atoms with Crippen LogP contribution in [0.3, 0.4) is 0 Å². The number of anilines is 1. The number of pyridine rings is 1. The Morgan fingerprint density at radius 2 is 1.65 bits per heavy atom. The lowest BCUT2D eigenvalue weighted by molar-refractivity contribution is 0.102. The van der Waals surface area contributed by atoms with Gasteiger partial charge < -0.3 is 10.3 Å². The number of rotatable bonds is 2. The molecule has 0 aliphatic carbocycles. The van der Waals surface area contributed by atoms with Gasteiger partial charge in [-0.1, -0.05) is 42.5 Å². The Kier molecular flexibility index (Phi) is 3.22. The summed E-state index contributed by atoms with van der Waals surface area (Å²) in [4.78, 5) is 20.7. The minimum atomic E-state index is -0.133. The van der Waals surface area contributed by atoms with Gasteiger partial charge in [-0.15, -0.1) is 0 Å². The number of nitrogens with zero attached hydrogens (tertiary/aromatic N) is 1. The zero-order valence-electron chi connectivity index (χ0n) is 13.9. The van der Waals surface area contributed by atoms with Crippen molar-refractivity contribution in [1.82, 2.24) is 9.97 Å². The van der Waals surface area contributed by atoms with Crippen LogP contribution in [0, 0.1) is 0 Å². The highest BCUT2D eigenvalue weighted by Gasteiger charge is 2.13. The first-order valence-corrected chi connectivity index (χ1v) is 8.46. The van der Waals surface area contributed by atoms with E-state index < -0.39 is 0 Å². The van der Waals surface area contributed by atoms with E-state index in [9.17, 15) is 4.79 Å². The number of fused-ring (bicyclic) bond motifs is 5. The number of H-pyrrole nitrogens is 1. The third-order valence-electron chi connectivity index (χ3n) is 4.66. The van der Waals surface area contributed by atoms with Crippen molar-refractivity contribution in [3.63, 3.8) is 0 Å². The third kappa shape index (κ3) is 2.24. The summed E-state index contributed by atoms with van der Waals surface area (Å²) in [6, 6.07) is 23.1. The van der Waals surface area contributed by atoms with Crippen molar-refractivity contribution in [2.45, 2.75) is 0 Å². The average Bonchev–Trinajstić information content (AvgIpc) is 3.07. The van der Waals surface area contributed by atoms with Crippen molar-refractivity contribution >= 4 is 44.3 Å². The van der Waals surface area contributed by atoms with Crippen molar-refractivity contribution in [2.24, 2.45) is 0 Å². The summed E-state index contributed by atoms with van der Waals surface area (Å²) in [7, 11) is 0. The number of nitrogens with one attached hydrogen (secondary N) is 2. The molecule has 0 saturated carbocycles. The second-order valence-corrected chi connectivity index (χ2v) is 6.24. The summed E-state index contributed by atoms with van der Waals surface area (Å²) in [5, 5.41) is 6.14. The van der Waals surface area contributed by atoms with Gasteiger partial charge in [0.05, 0.1) is 16.7 Å². The molecule has 0 aliphatic rings. The van der Waals surface area contributed by atoms with Gasteiger partial charge in [0, 0.05) is 33.4 Å². The SMILES string of the molecule is O=C(Nc1cccc2ncc3c4ccccc4[nH]c3c12)c1ccccc1. The number of aromatic amines is 1. The topological polar surface area (TPSA) is 57.8 Å². The van der Waals surface area contributed by atoms with Gasteiger partial charge in [0.1, 0.15) is 0 Å². The Hall–Kier alpha value is -3.66. The molecule has 4 heteroatoms. The molecular formula is C22H15N3O. The van der Waals surface area contributed by atoms with Crippen LogP contribution >= 0.6 is 0 Å². The molecule has 0 unspecified atom stereocenters. The Morgan fingerprint density at radius 1 is 0.846 bits per heavy atom. The van der Waals surface area contributed by atoms with Crippen LogP contribution in [-0.4, -0.2) is 15.9 Å². The van der Waals surface area contributed by atoms with E-state index in [0.29, 0.717) is 5.56 Å². The Morgan fingerprint density at radius 3 is 2.54 bits per heavy atom. The van der Waals surface area contributed by atoms with Crippen molar-refractivity contribution in [1.29, 1.82) is 0 Å². The van der Waals surface area contributed by atoms with Gasteiger partial charge in [-0.2, -0.15) is 0 Å². The first-order valence-electron chi connectivity index (χ1n) is 8.46. The summed E-state index contributed by atoms with van der Waals surface area (Å²) in [6.45, 7) is 0. The van der Waals surface area contributed by atoms with Crippen LogP contribution in [0.15, 0.2) is 79.0 Å². The van der Waals surface area contributed by atoms with E-state index in [0.717, 1.165) is 38.4 Å². The van der Waals surface area contributed by atoms with Crippen LogP contribution in [0.4, 0.5) is 5.69 Å². The minimum Gasteiger partial charge on any atom is -0.354 e. The minimum absolute atomic E-state index is 0.133. The summed E-state index contributed by atoms with van der Waals surface area (Å²) in [6.07, 6.45) is 1.89. The third-order valence-corrected chi connectivity index (χ3v) is 4.66. The lowest BCUT2D eigenvalue weighted by atomic mass is 10.1. The molecule has 1 amide bonds. The summed E-state index contributed by atoms with van der Waals surface area (Å²) < 4.78 is 0. The monoisotopic (exact) mass is 337 g/mol. The first kappa shape index (κ1) is 14.7. The van der Waals surface area contributed by atoms with Gasteiger partial charge >= 0.3 is 0 Å². The van der Waals surface area contributed by atoms with Crippen molar-refractivity contribution < 1.29 is 4.79 Å². The fraction of sp³-hybridized carbons (Fsp3) is 0. The number of hydrogen-bond donors (Lipinski definition) is 2. The lowest BCUT2D eigenvalue weighted by Crippen LogP contribution is -2.12. The molecule has 0 bridgehead atoms. The molecule has 0 radical (unpaired) electrons. The summed E-state index contributed by atoms with van der Waals surface area (Å²) in [5.41, 5.74) is 4.26. The molecule has 4 nitrogen and oxygen atoms in total. The Balaban J connectivity index is 1.73. The highest BCUT2D eigenvalue weighted by atomic mass is 16.1. The molecule has 2 N–H and O–H groups in total. The number of amides is 1. The van der Waals surface area contributed by atoms with Crippen LogP contribution in [0.5, 0.6) is 0 Å². The predicted octanol–water partition coefficient (Wildman–Crippen LogP) is 5.12. The number of benzene rings is 3. The maximum Gasteiger partial charge on any atom is 0.255 e. The first-order chi connectivity index (χ1) is 12.8. The van der Waals surface area contributed by atoms with Crippen molar-refractivity contribution in [3.05, 3.63) is 84.6 Å². The number of aromatic nitrogens is 2. The zero-order valence-corrected chi connectivity index (χ0v) is 13.9. The largest absolute Gasteiger partial charge is 0.354 e. The molecule has 0 spiro atoms. The summed E-state index contributed by atoms with van der Waals surface area (Å²) in [5.74, 6) is -0.133. The standard InChI is InChI=1S/C22H15N3O/c26-22(14-7-2-1-3-8-14)25-19-12-6-11-18-20(19)21-16(13-23-18)15-9-4-5-10-17(15)24-21/h1-13,24H,(H,25,26). The second kappa shape index (κ2) is 5.70. The van der Waals surface area contributed by atoms with Crippen molar-refractivity contribution in [2.75, 3.05) is 5.32 Å². The quantitative estimate of drug-likeness (QED) is 0.469. The molecule has 0 aliphatic heterocycles. The molecule has 2 aromatic heterocycles. The smallest absolute Gasteiger partial charge is 0.255 e. The molecule has 3 aromatic carbocycles. The summed E-state index contributed by atoms with van der Waals surface area (Å²) >= 11 is 0. The highest BCUT2D eigenvalue weighted by Crippen LogP contribution is 2.33. The highest BCUT2D eigenvalue weighted by molar-refractivity contribution is 6.20. The van der Waals surface area contributed by atoms with E-state index in [1.807, 2.05) is 60.8 Å². The molecule has 5 rings (SSSR count). The van der Waals surface area contributed by atoms with Gasteiger partial charge in [-0.05, 0) is 30.3 Å². The van der Waals surface area contributed by atoms with Crippen molar-refractivity contribution in [3.8, 4) is 0 Å². The molecule has 0 atom stereocenters. The Bertz CT molecular complexity index is 1270. The molecule has 0 saturated heterocycles. The number of carbonyl (C=O) groups is 1. The van der Waals surface area contributed by atoms with Gasteiger partial charge in [0.15, 0.2) is 0 Å². The fourth-order valence-electron chi connectivity index (χ4n) is 3.43. The van der Waals surface area contributed by atoms with E-state index in [2.05, 4.69) is 21.4 Å². The molecular weight excluding hydrogens is 322 g/mol. The van der Waals surface area contributed by atoms with E-state index in [-0.39, 0.29) is 5.91 Å². The van der Waals surface area contributed by atoms with Crippen LogP contribution in [0.25, 0.3) is 32.7 Å². The zero-order chi connectivity index (χ0) is 17.5. The van der Waals surface area contributed by atoms with Crippen LogP contribution < -0.4 is 5.32 Å². The molecule has 5 aromatic rings. The fourth-order valence-corrected chi connectivity index (χ4v) is 3.43. The average molecular weight is 337 g/mol. The molecule has 124 valence electrons. The molecule has 2 heterocycles. The van der Waals surface area contributed by atoms with E-state index in [4.69, 9.17) is 0 Å². The molecule has 26 heavy (non-hydrogen) atoms. The van der Waals surface area contributed by atoms with Crippen LogP contribution in [0.2, 0.25) is 0 Å². The normalized spacial score (nSPS) is 11.2. The number of hydrogen-bond acceptors (Lipinski definition) is 2. The maximum absolute atomic E-state index is 12.6. The van der Waals surface area contributed by atoms with E-state index in [1.54, 1.807) is 12.1 Å². The number of carbonyl (C=O) groups excluding carboxylic acids is 1. The lowest BCUT2D eigenvalue weighted by Gasteiger charge is -2.09. The van der Waals surface area contributed by atoms with Gasteiger partial charge in [-0.25, -0.2) is 0 Å².